The lowest BCUT2D eigenvalue weighted by Gasteiger charge is -2.11. The van der Waals surface area contributed by atoms with E-state index in [-0.39, 0.29) is 23.0 Å². The fraction of sp³-hybridized carbons (Fsp3) is 0.211. The van der Waals surface area contributed by atoms with E-state index in [1.807, 2.05) is 0 Å². The molecule has 28 heavy (non-hydrogen) atoms. The molecule has 0 fully saturated rings. The molecule has 1 N–H and O–H groups in total. The van der Waals surface area contributed by atoms with Crippen molar-refractivity contribution in [3.8, 4) is 11.5 Å². The largest absolute Gasteiger partial charge is 0.493 e. The molecule has 0 aliphatic carbocycles. The molecule has 0 saturated carbocycles. The number of esters is 1. The van der Waals surface area contributed by atoms with Crippen molar-refractivity contribution in [2.45, 2.75) is 6.92 Å². The summed E-state index contributed by atoms with van der Waals surface area (Å²) in [6.45, 7) is 0.156. The number of amides is 1. The maximum Gasteiger partial charge on any atom is 0.344 e. The van der Waals surface area contributed by atoms with Crippen LogP contribution in [0.25, 0.3) is 0 Å². The first-order valence-corrected chi connectivity index (χ1v) is 8.02. The van der Waals surface area contributed by atoms with Gasteiger partial charge in [-0.15, -0.1) is 0 Å². The van der Waals surface area contributed by atoms with Crippen molar-refractivity contribution in [2.24, 2.45) is 0 Å². The molecule has 9 heteroatoms. The molecule has 2 rings (SSSR count). The number of hydrogen-bond donors (Lipinski definition) is 1. The summed E-state index contributed by atoms with van der Waals surface area (Å²) in [5.41, 5.74) is 0.0422. The van der Waals surface area contributed by atoms with Crippen LogP contribution >= 0.6 is 0 Å². The van der Waals surface area contributed by atoms with Crippen LogP contribution < -0.4 is 14.8 Å². The SMILES string of the molecule is COc1cc(C(C)=O)ccc1OCC(=O)OCC(=O)Nc1cc(F)ccc1F. The van der Waals surface area contributed by atoms with Gasteiger partial charge in [0.1, 0.15) is 11.6 Å². The van der Waals surface area contributed by atoms with Crippen molar-refractivity contribution in [1.29, 1.82) is 0 Å². The lowest BCUT2D eigenvalue weighted by Crippen LogP contribution is -2.24. The Morgan fingerprint density at radius 2 is 1.75 bits per heavy atom. The summed E-state index contributed by atoms with van der Waals surface area (Å²) in [5.74, 6) is -2.98. The molecule has 7 nitrogen and oxygen atoms in total. The van der Waals surface area contributed by atoms with E-state index in [1.165, 1.54) is 32.2 Å². The van der Waals surface area contributed by atoms with Crippen LogP contribution in [0, 0.1) is 11.6 Å². The quantitative estimate of drug-likeness (QED) is 0.548. The Labute approximate surface area is 159 Å². The topological polar surface area (TPSA) is 90.9 Å². The smallest absolute Gasteiger partial charge is 0.344 e. The maximum absolute atomic E-state index is 13.4. The van der Waals surface area contributed by atoms with Gasteiger partial charge in [-0.25, -0.2) is 13.6 Å². The molecule has 0 aliphatic rings. The highest BCUT2D eigenvalue weighted by atomic mass is 19.1. The Morgan fingerprint density at radius 3 is 2.43 bits per heavy atom. The molecule has 0 aliphatic heterocycles. The minimum Gasteiger partial charge on any atom is -0.493 e. The number of ether oxygens (including phenoxy) is 3. The van der Waals surface area contributed by atoms with Crippen LogP contribution in [0.3, 0.4) is 0 Å². The van der Waals surface area contributed by atoms with Crippen LogP contribution in [0.4, 0.5) is 14.5 Å². The third kappa shape index (κ3) is 5.76. The van der Waals surface area contributed by atoms with Gasteiger partial charge >= 0.3 is 5.97 Å². The van der Waals surface area contributed by atoms with E-state index in [0.717, 1.165) is 18.2 Å². The van der Waals surface area contributed by atoms with E-state index in [0.29, 0.717) is 5.56 Å². The lowest BCUT2D eigenvalue weighted by atomic mass is 10.1. The third-order valence-corrected chi connectivity index (χ3v) is 3.48. The summed E-state index contributed by atoms with van der Waals surface area (Å²) in [7, 11) is 1.38. The Morgan fingerprint density at radius 1 is 1.00 bits per heavy atom. The monoisotopic (exact) mass is 393 g/mol. The highest BCUT2D eigenvalue weighted by Crippen LogP contribution is 2.28. The Balaban J connectivity index is 1.85. The van der Waals surface area contributed by atoms with Gasteiger partial charge in [-0.3, -0.25) is 9.59 Å². The minimum atomic E-state index is -0.868. The normalized spacial score (nSPS) is 10.1. The van der Waals surface area contributed by atoms with Crippen molar-refractivity contribution in [2.75, 3.05) is 25.6 Å². The van der Waals surface area contributed by atoms with Crippen LogP contribution in [-0.2, 0) is 14.3 Å². The van der Waals surface area contributed by atoms with Crippen molar-refractivity contribution in [3.63, 3.8) is 0 Å². The van der Waals surface area contributed by atoms with Gasteiger partial charge in [0, 0.05) is 11.6 Å². The molecule has 0 radical (unpaired) electrons. The first-order chi connectivity index (χ1) is 13.3. The number of carbonyl (C=O) groups excluding carboxylic acids is 3. The number of Topliss-reactive ketones (excluding diaryl/α,β-unsaturated/α-hetero) is 1. The number of nitrogens with one attached hydrogen (secondary N) is 1. The van der Waals surface area contributed by atoms with Crippen LogP contribution in [0.2, 0.25) is 0 Å². The second-order valence-electron chi connectivity index (χ2n) is 5.54. The first kappa shape index (κ1) is 20.8. The van der Waals surface area contributed by atoms with Gasteiger partial charge in [0.15, 0.2) is 30.5 Å². The second-order valence-corrected chi connectivity index (χ2v) is 5.54. The average molecular weight is 393 g/mol. The molecule has 1 amide bonds. The van der Waals surface area contributed by atoms with E-state index in [1.54, 1.807) is 0 Å². The van der Waals surface area contributed by atoms with Gasteiger partial charge < -0.3 is 19.5 Å². The van der Waals surface area contributed by atoms with Crippen molar-refractivity contribution < 1.29 is 37.4 Å². The summed E-state index contributed by atoms with van der Waals surface area (Å²) >= 11 is 0. The molecular formula is C19H17F2NO6. The van der Waals surface area contributed by atoms with Crippen LogP contribution in [0.1, 0.15) is 17.3 Å². The van der Waals surface area contributed by atoms with Crippen molar-refractivity contribution in [1.82, 2.24) is 0 Å². The number of carbonyl (C=O) groups is 3. The fourth-order valence-corrected chi connectivity index (χ4v) is 2.11. The van der Waals surface area contributed by atoms with E-state index in [9.17, 15) is 23.2 Å². The molecule has 2 aromatic carbocycles. The lowest BCUT2D eigenvalue weighted by molar-refractivity contribution is -0.149. The standard InChI is InChI=1S/C19H17F2NO6/c1-11(23)12-3-6-16(17(7-12)26-2)27-10-19(25)28-9-18(24)22-15-8-13(20)4-5-14(15)21/h3-8H,9-10H2,1-2H3,(H,22,24). The van der Waals surface area contributed by atoms with Crippen LogP contribution in [0.15, 0.2) is 36.4 Å². The van der Waals surface area contributed by atoms with Gasteiger partial charge in [-0.05, 0) is 37.3 Å². The number of ketones is 1. The second kappa shape index (κ2) is 9.45. The number of rotatable bonds is 8. The average Bonchev–Trinajstić information content (AvgIpc) is 2.67. The summed E-state index contributed by atoms with van der Waals surface area (Å²) in [6, 6.07) is 6.99. The third-order valence-electron chi connectivity index (χ3n) is 3.48. The summed E-state index contributed by atoms with van der Waals surface area (Å²) < 4.78 is 41.6. The highest BCUT2D eigenvalue weighted by molar-refractivity contribution is 5.95. The summed E-state index contributed by atoms with van der Waals surface area (Å²) in [4.78, 5) is 34.8. The number of benzene rings is 2. The molecule has 0 aromatic heterocycles. The fourth-order valence-electron chi connectivity index (χ4n) is 2.11. The number of halogens is 2. The zero-order valence-corrected chi connectivity index (χ0v) is 15.1. The van der Waals surface area contributed by atoms with Gasteiger partial charge in [0.2, 0.25) is 0 Å². The van der Waals surface area contributed by atoms with E-state index in [4.69, 9.17) is 14.2 Å². The molecule has 0 spiro atoms. The van der Waals surface area contributed by atoms with Gasteiger partial charge in [0.25, 0.3) is 5.91 Å². The van der Waals surface area contributed by atoms with Gasteiger partial charge in [0.05, 0.1) is 12.8 Å². The molecule has 148 valence electrons. The molecule has 0 bridgehead atoms. The number of hydrogen-bond acceptors (Lipinski definition) is 6. The molecule has 0 unspecified atom stereocenters. The minimum absolute atomic E-state index is 0.162. The zero-order chi connectivity index (χ0) is 20.7. The Bertz CT molecular complexity index is 900. The first-order valence-electron chi connectivity index (χ1n) is 8.02. The van der Waals surface area contributed by atoms with Crippen molar-refractivity contribution in [3.05, 3.63) is 53.6 Å². The highest BCUT2D eigenvalue weighted by Gasteiger charge is 2.13. The van der Waals surface area contributed by atoms with Crippen LogP contribution in [0.5, 0.6) is 11.5 Å². The Kier molecular flexibility index (Phi) is 7.02. The summed E-state index contributed by atoms with van der Waals surface area (Å²) in [6.07, 6.45) is 0. The van der Waals surface area contributed by atoms with Crippen molar-refractivity contribution >= 4 is 23.3 Å². The summed E-state index contributed by atoms with van der Waals surface area (Å²) in [5, 5.41) is 2.09. The predicted molar refractivity (Wildman–Crippen MR) is 94.4 cm³/mol. The van der Waals surface area contributed by atoms with E-state index < -0.39 is 36.7 Å². The van der Waals surface area contributed by atoms with Crippen LogP contribution in [-0.4, -0.2) is 38.0 Å². The van der Waals surface area contributed by atoms with E-state index >= 15 is 0 Å². The Hall–Kier alpha value is -3.49. The van der Waals surface area contributed by atoms with E-state index in [2.05, 4.69) is 5.32 Å². The zero-order valence-electron chi connectivity index (χ0n) is 15.1. The molecule has 2 aromatic rings. The number of methoxy groups -OCH3 is 1. The van der Waals surface area contributed by atoms with Gasteiger partial charge in [-0.1, -0.05) is 0 Å². The maximum atomic E-state index is 13.4. The molecule has 0 atom stereocenters. The molecular weight excluding hydrogens is 376 g/mol. The molecule has 0 heterocycles. The van der Waals surface area contributed by atoms with Gasteiger partial charge in [-0.2, -0.15) is 0 Å². The number of anilines is 1. The predicted octanol–water partition coefficient (Wildman–Crippen LogP) is 2.74. The molecule has 0 saturated heterocycles.